The number of hydrogen-bond acceptors (Lipinski definition) is 4. The maximum atomic E-state index is 11.7. The second-order valence-electron chi connectivity index (χ2n) is 4.88. The fraction of sp³-hybridized carbons (Fsp3) is 0.643. The zero-order valence-electron chi connectivity index (χ0n) is 10.6. The zero-order chi connectivity index (χ0) is 13.0. The predicted molar refractivity (Wildman–Crippen MR) is 67.0 cm³/mol. The van der Waals surface area contributed by atoms with Crippen molar-refractivity contribution in [2.75, 3.05) is 0 Å². The van der Waals surface area contributed by atoms with E-state index < -0.39 is 12.2 Å². The second-order valence-corrected chi connectivity index (χ2v) is 4.88. The lowest BCUT2D eigenvalue weighted by Gasteiger charge is -2.28. The highest BCUT2D eigenvalue weighted by molar-refractivity contribution is 5.70. The third-order valence-corrected chi connectivity index (χ3v) is 3.22. The number of rotatable bonds is 0. The van der Waals surface area contributed by atoms with Gasteiger partial charge in [-0.15, -0.1) is 0 Å². The molecule has 4 atom stereocenters. The normalized spacial score (nSPS) is 39.3. The molecule has 100 valence electrons. The van der Waals surface area contributed by atoms with E-state index in [1.54, 1.807) is 6.08 Å². The summed E-state index contributed by atoms with van der Waals surface area (Å²) >= 11 is 0. The van der Waals surface area contributed by atoms with E-state index >= 15 is 0 Å². The van der Waals surface area contributed by atoms with E-state index in [1.165, 1.54) is 0 Å². The average molecular weight is 252 g/mol. The van der Waals surface area contributed by atoms with Crippen LogP contribution >= 0.6 is 0 Å². The number of ether oxygens (including phenoxy) is 2. The molecule has 2 heterocycles. The lowest BCUT2D eigenvalue weighted by atomic mass is 10.0. The van der Waals surface area contributed by atoms with Gasteiger partial charge in [-0.05, 0) is 26.2 Å². The average Bonchev–Trinajstić information content (AvgIpc) is 2.31. The largest absolute Gasteiger partial charge is 0.463 e. The Balaban J connectivity index is 2.08. The molecule has 0 spiro atoms. The number of carbonyl (C=O) groups is 1. The molecule has 18 heavy (non-hydrogen) atoms. The quantitative estimate of drug-likeness (QED) is 0.527. The Bertz CT molecular complexity index is 348. The van der Waals surface area contributed by atoms with Crippen molar-refractivity contribution < 1.29 is 19.4 Å². The Morgan fingerprint density at radius 1 is 1.33 bits per heavy atom. The number of aliphatic hydroxyl groups is 1. The molecule has 0 radical (unpaired) electrons. The SMILES string of the molecule is C[C@H]1CCC/C=C/[C@H]2C=C[C@@H](O)[C@H](CC(=O)O1)O2. The van der Waals surface area contributed by atoms with E-state index in [1.807, 2.05) is 19.1 Å². The lowest BCUT2D eigenvalue weighted by molar-refractivity contribution is -0.154. The first-order valence-electron chi connectivity index (χ1n) is 6.53. The van der Waals surface area contributed by atoms with Crippen LogP contribution in [0.25, 0.3) is 0 Å². The fourth-order valence-electron chi connectivity index (χ4n) is 2.20. The molecule has 0 fully saturated rings. The van der Waals surface area contributed by atoms with Gasteiger partial charge in [0.25, 0.3) is 0 Å². The molecule has 4 heteroatoms. The van der Waals surface area contributed by atoms with Crippen molar-refractivity contribution in [2.45, 2.75) is 57.0 Å². The van der Waals surface area contributed by atoms with Gasteiger partial charge in [0.1, 0.15) is 0 Å². The Morgan fingerprint density at radius 3 is 3.00 bits per heavy atom. The molecular weight excluding hydrogens is 232 g/mol. The Morgan fingerprint density at radius 2 is 2.17 bits per heavy atom. The van der Waals surface area contributed by atoms with E-state index in [0.717, 1.165) is 19.3 Å². The molecule has 0 aliphatic carbocycles. The first kappa shape index (κ1) is 13.3. The number of hydrogen-bond donors (Lipinski definition) is 1. The topological polar surface area (TPSA) is 55.8 Å². The third kappa shape index (κ3) is 3.68. The number of esters is 1. The van der Waals surface area contributed by atoms with Crippen molar-refractivity contribution >= 4 is 5.97 Å². The van der Waals surface area contributed by atoms with E-state index in [9.17, 15) is 9.90 Å². The standard InChI is InChI=1S/C14H20O4/c1-10-5-3-2-4-6-11-7-8-12(15)13(18-11)9-14(16)17-10/h4,6-8,10-13,15H,2-3,5,9H2,1H3/b6-4+/t10-,11-,12+,13-/m0/s1. The summed E-state index contributed by atoms with van der Waals surface area (Å²) in [6.07, 6.45) is 9.00. The number of fused-ring (bicyclic) bond motifs is 2. The number of cyclic esters (lactones) is 1. The van der Waals surface area contributed by atoms with Crippen LogP contribution in [0.4, 0.5) is 0 Å². The van der Waals surface area contributed by atoms with Crippen LogP contribution in [0.2, 0.25) is 0 Å². The van der Waals surface area contributed by atoms with Crippen molar-refractivity contribution in [1.29, 1.82) is 0 Å². The van der Waals surface area contributed by atoms with Crippen LogP contribution in [0.5, 0.6) is 0 Å². The van der Waals surface area contributed by atoms with E-state index in [0.29, 0.717) is 0 Å². The maximum Gasteiger partial charge on any atom is 0.308 e. The van der Waals surface area contributed by atoms with Crippen LogP contribution in [0.15, 0.2) is 24.3 Å². The molecule has 0 amide bonds. The highest BCUT2D eigenvalue weighted by Gasteiger charge is 2.28. The Hall–Kier alpha value is -1.13. The van der Waals surface area contributed by atoms with Crippen LogP contribution in [-0.4, -0.2) is 35.5 Å². The van der Waals surface area contributed by atoms with Gasteiger partial charge in [-0.1, -0.05) is 24.3 Å². The lowest BCUT2D eigenvalue weighted by Crippen LogP contribution is -2.37. The summed E-state index contributed by atoms with van der Waals surface area (Å²) in [4.78, 5) is 11.7. The maximum absolute atomic E-state index is 11.7. The minimum atomic E-state index is -0.736. The van der Waals surface area contributed by atoms with Gasteiger partial charge in [0, 0.05) is 0 Å². The molecule has 4 nitrogen and oxygen atoms in total. The highest BCUT2D eigenvalue weighted by atomic mass is 16.5. The van der Waals surface area contributed by atoms with Crippen molar-refractivity contribution in [1.82, 2.24) is 0 Å². The first-order chi connectivity index (χ1) is 8.65. The van der Waals surface area contributed by atoms with E-state index in [4.69, 9.17) is 9.47 Å². The molecular formula is C14H20O4. The van der Waals surface area contributed by atoms with Crippen LogP contribution in [-0.2, 0) is 14.3 Å². The molecule has 2 bridgehead atoms. The number of carbonyl (C=O) groups excluding carboxylic acids is 1. The summed E-state index contributed by atoms with van der Waals surface area (Å²) in [5.41, 5.74) is 0. The zero-order valence-corrected chi connectivity index (χ0v) is 10.6. The first-order valence-corrected chi connectivity index (χ1v) is 6.53. The minimum Gasteiger partial charge on any atom is -0.463 e. The molecule has 0 unspecified atom stereocenters. The molecule has 0 saturated carbocycles. The van der Waals surface area contributed by atoms with Gasteiger partial charge in [0.05, 0.1) is 30.8 Å². The minimum absolute atomic E-state index is 0.0719. The van der Waals surface area contributed by atoms with E-state index in [-0.39, 0.29) is 24.6 Å². The molecule has 0 aromatic carbocycles. The number of aliphatic hydroxyl groups excluding tert-OH is 1. The molecule has 2 rings (SSSR count). The van der Waals surface area contributed by atoms with Gasteiger partial charge >= 0.3 is 5.97 Å². The van der Waals surface area contributed by atoms with Crippen LogP contribution in [0, 0.1) is 0 Å². The van der Waals surface area contributed by atoms with Crippen LogP contribution < -0.4 is 0 Å². The van der Waals surface area contributed by atoms with Gasteiger partial charge in [0.2, 0.25) is 0 Å². The Kier molecular flexibility index (Phi) is 4.55. The Labute approximate surface area is 107 Å². The molecule has 1 N–H and O–H groups in total. The van der Waals surface area contributed by atoms with Crippen molar-refractivity contribution in [3.8, 4) is 0 Å². The van der Waals surface area contributed by atoms with Crippen molar-refractivity contribution in [3.63, 3.8) is 0 Å². The molecule has 2 aliphatic heterocycles. The highest BCUT2D eigenvalue weighted by Crippen LogP contribution is 2.19. The predicted octanol–water partition coefficient (Wildman–Crippen LogP) is 1.73. The molecule has 0 aromatic heterocycles. The van der Waals surface area contributed by atoms with Gasteiger partial charge in [-0.2, -0.15) is 0 Å². The van der Waals surface area contributed by atoms with Crippen LogP contribution in [0.1, 0.15) is 32.6 Å². The molecule has 2 aliphatic rings. The molecule has 0 aromatic rings. The summed E-state index contributed by atoms with van der Waals surface area (Å²) in [5, 5.41) is 9.77. The monoisotopic (exact) mass is 252 g/mol. The van der Waals surface area contributed by atoms with Gasteiger partial charge in [-0.25, -0.2) is 0 Å². The summed E-state index contributed by atoms with van der Waals surface area (Å²) in [5.74, 6) is -0.301. The summed E-state index contributed by atoms with van der Waals surface area (Å²) < 4.78 is 10.9. The summed E-state index contributed by atoms with van der Waals surface area (Å²) in [6.45, 7) is 1.90. The summed E-state index contributed by atoms with van der Waals surface area (Å²) in [6, 6.07) is 0. The van der Waals surface area contributed by atoms with Gasteiger partial charge in [-0.3, -0.25) is 4.79 Å². The van der Waals surface area contributed by atoms with E-state index in [2.05, 4.69) is 6.08 Å². The fourth-order valence-corrected chi connectivity index (χ4v) is 2.20. The van der Waals surface area contributed by atoms with Crippen molar-refractivity contribution in [2.24, 2.45) is 0 Å². The summed E-state index contributed by atoms with van der Waals surface area (Å²) in [7, 11) is 0. The molecule has 0 saturated heterocycles. The van der Waals surface area contributed by atoms with Gasteiger partial charge < -0.3 is 14.6 Å². The smallest absolute Gasteiger partial charge is 0.308 e. The second kappa shape index (κ2) is 6.16. The third-order valence-electron chi connectivity index (χ3n) is 3.22. The van der Waals surface area contributed by atoms with Gasteiger partial charge in [0.15, 0.2) is 0 Å². The van der Waals surface area contributed by atoms with Crippen LogP contribution in [0.3, 0.4) is 0 Å². The van der Waals surface area contributed by atoms with Crippen molar-refractivity contribution in [3.05, 3.63) is 24.3 Å². The number of allylic oxidation sites excluding steroid dienone is 1.